The van der Waals surface area contributed by atoms with Crippen LogP contribution in [0.3, 0.4) is 0 Å². The Bertz CT molecular complexity index is 1470. The van der Waals surface area contributed by atoms with Crippen LogP contribution in [0.1, 0.15) is 43.0 Å². The highest BCUT2D eigenvalue weighted by Crippen LogP contribution is 2.29. The van der Waals surface area contributed by atoms with Crippen LogP contribution in [0.2, 0.25) is 10.0 Å². The van der Waals surface area contributed by atoms with Crippen LogP contribution in [0, 0.1) is 26.7 Å². The highest BCUT2D eigenvalue weighted by atomic mass is 35.5. The maximum atomic E-state index is 14.1. The van der Waals surface area contributed by atoms with Crippen molar-refractivity contribution in [2.75, 3.05) is 17.4 Å². The Morgan fingerprint density at radius 1 is 0.854 bits per heavy atom. The number of rotatable bonds is 11. The maximum absolute atomic E-state index is 14.1. The predicted molar refractivity (Wildman–Crippen MR) is 166 cm³/mol. The molecule has 0 aliphatic heterocycles. The average molecular weight is 619 g/mol. The summed E-state index contributed by atoms with van der Waals surface area (Å²) >= 11 is 12.9. The van der Waals surface area contributed by atoms with Gasteiger partial charge in [-0.05, 0) is 81.1 Å². The molecule has 0 heterocycles. The first-order valence-corrected chi connectivity index (χ1v) is 15.6. The van der Waals surface area contributed by atoms with E-state index >= 15 is 0 Å². The third-order valence-corrected chi connectivity index (χ3v) is 9.12. The molecule has 3 aromatic rings. The van der Waals surface area contributed by atoms with Crippen molar-refractivity contribution < 1.29 is 18.0 Å². The number of carbonyl (C=O) groups excluding carboxylic acids is 2. The summed E-state index contributed by atoms with van der Waals surface area (Å²) in [5.41, 5.74) is 3.41. The molecule has 0 aliphatic carbocycles. The number of anilines is 1. The van der Waals surface area contributed by atoms with Crippen molar-refractivity contribution in [3.8, 4) is 0 Å². The normalized spacial score (nSPS) is 12.2. The summed E-state index contributed by atoms with van der Waals surface area (Å²) in [7, 11) is -4.16. The molecule has 220 valence electrons. The van der Waals surface area contributed by atoms with Crippen molar-refractivity contribution in [3.05, 3.63) is 93.0 Å². The number of nitrogens with zero attached hydrogens (tertiary/aromatic N) is 2. The van der Waals surface area contributed by atoms with Gasteiger partial charge in [0.05, 0.1) is 10.6 Å². The van der Waals surface area contributed by atoms with Crippen LogP contribution < -0.4 is 9.62 Å². The summed E-state index contributed by atoms with van der Waals surface area (Å²) in [6, 6.07) is 15.9. The summed E-state index contributed by atoms with van der Waals surface area (Å²) in [4.78, 5) is 28.6. The second kappa shape index (κ2) is 13.7. The highest BCUT2D eigenvalue weighted by molar-refractivity contribution is 7.92. The third kappa shape index (κ3) is 8.24. The van der Waals surface area contributed by atoms with Gasteiger partial charge in [0.2, 0.25) is 11.8 Å². The molecule has 7 nitrogen and oxygen atoms in total. The van der Waals surface area contributed by atoms with Crippen LogP contribution in [-0.2, 0) is 26.2 Å². The largest absolute Gasteiger partial charge is 0.354 e. The van der Waals surface area contributed by atoms with E-state index in [1.165, 1.54) is 17.0 Å². The van der Waals surface area contributed by atoms with Gasteiger partial charge in [0.1, 0.15) is 12.6 Å². The minimum Gasteiger partial charge on any atom is -0.354 e. The molecule has 0 aromatic heterocycles. The predicted octanol–water partition coefficient (Wildman–Crippen LogP) is 6.30. The fraction of sp³-hybridized carbons (Fsp3) is 0.355. The standard InChI is InChI=1S/C31H37Cl2N3O4S/c1-20(2)17-34-31(38)24(6)35(18-27-28(32)8-7-9-29(27)33)30(37)19-36(25-15-22(4)14-23(5)16-25)41(39,40)26-12-10-21(3)11-13-26/h7-16,20,24H,17-19H2,1-6H3,(H,34,38)/t24-/m0/s1. The second-order valence-electron chi connectivity index (χ2n) is 10.7. The lowest BCUT2D eigenvalue weighted by molar-refractivity contribution is -0.139. The van der Waals surface area contributed by atoms with Gasteiger partial charge >= 0.3 is 0 Å². The van der Waals surface area contributed by atoms with Gasteiger partial charge in [-0.15, -0.1) is 0 Å². The monoisotopic (exact) mass is 617 g/mol. The molecule has 3 rings (SSSR count). The van der Waals surface area contributed by atoms with Crippen LogP contribution in [0.5, 0.6) is 0 Å². The van der Waals surface area contributed by atoms with Gasteiger partial charge in [0.15, 0.2) is 0 Å². The fourth-order valence-electron chi connectivity index (χ4n) is 4.35. The number of nitrogens with one attached hydrogen (secondary N) is 1. The zero-order valence-corrected chi connectivity index (χ0v) is 26.6. The highest BCUT2D eigenvalue weighted by Gasteiger charge is 2.33. The molecule has 2 amide bonds. The van der Waals surface area contributed by atoms with E-state index in [1.807, 2.05) is 40.7 Å². The molecule has 10 heteroatoms. The van der Waals surface area contributed by atoms with Gasteiger partial charge in [-0.1, -0.05) is 66.9 Å². The molecular formula is C31H37Cl2N3O4S. The molecule has 1 atom stereocenters. The van der Waals surface area contributed by atoms with Gasteiger partial charge in [0, 0.05) is 28.7 Å². The van der Waals surface area contributed by atoms with Crippen molar-refractivity contribution in [1.82, 2.24) is 10.2 Å². The number of hydrogen-bond donors (Lipinski definition) is 1. The Labute approximate surface area is 253 Å². The Hall–Kier alpha value is -3.07. The van der Waals surface area contributed by atoms with Crippen molar-refractivity contribution in [2.24, 2.45) is 5.92 Å². The van der Waals surface area contributed by atoms with Gasteiger partial charge in [-0.25, -0.2) is 8.42 Å². The topological polar surface area (TPSA) is 86.8 Å². The van der Waals surface area contributed by atoms with Crippen molar-refractivity contribution in [3.63, 3.8) is 0 Å². The first kappa shape index (κ1) is 32.4. The molecule has 0 saturated carbocycles. The second-order valence-corrected chi connectivity index (χ2v) is 13.4. The van der Waals surface area contributed by atoms with Gasteiger partial charge in [-0.3, -0.25) is 13.9 Å². The SMILES string of the molecule is Cc1ccc(S(=O)(=O)N(CC(=O)N(Cc2c(Cl)cccc2Cl)[C@@H](C)C(=O)NCC(C)C)c2cc(C)cc(C)c2)cc1. The Balaban J connectivity index is 2.09. The lowest BCUT2D eigenvalue weighted by Gasteiger charge is -2.32. The van der Waals surface area contributed by atoms with E-state index in [4.69, 9.17) is 23.2 Å². The van der Waals surface area contributed by atoms with E-state index in [1.54, 1.807) is 49.4 Å². The molecule has 41 heavy (non-hydrogen) atoms. The summed E-state index contributed by atoms with van der Waals surface area (Å²) in [5.74, 6) is -0.745. The lowest BCUT2D eigenvalue weighted by atomic mass is 10.1. The minimum atomic E-state index is -4.16. The number of aryl methyl sites for hydroxylation is 3. The number of amides is 2. The number of benzene rings is 3. The number of carbonyl (C=O) groups is 2. The average Bonchev–Trinajstić information content (AvgIpc) is 2.89. The van der Waals surface area contributed by atoms with Crippen molar-refractivity contribution in [1.29, 1.82) is 0 Å². The molecule has 0 aliphatic rings. The minimum absolute atomic E-state index is 0.0542. The molecule has 0 fully saturated rings. The van der Waals surface area contributed by atoms with E-state index in [0.717, 1.165) is 21.0 Å². The van der Waals surface area contributed by atoms with Crippen LogP contribution >= 0.6 is 23.2 Å². The summed E-state index contributed by atoms with van der Waals surface area (Å²) in [6.07, 6.45) is 0. The van der Waals surface area contributed by atoms with Crippen LogP contribution in [0.4, 0.5) is 5.69 Å². The van der Waals surface area contributed by atoms with Crippen molar-refractivity contribution in [2.45, 2.75) is 59.0 Å². The maximum Gasteiger partial charge on any atom is 0.264 e. The van der Waals surface area contributed by atoms with E-state index < -0.39 is 28.5 Å². The van der Waals surface area contributed by atoms with Crippen molar-refractivity contribution >= 4 is 50.7 Å². The Morgan fingerprint density at radius 2 is 1.41 bits per heavy atom. The molecule has 0 spiro atoms. The quantitative estimate of drug-likeness (QED) is 0.273. The van der Waals surface area contributed by atoms with Crippen LogP contribution in [-0.4, -0.2) is 44.3 Å². The first-order valence-electron chi connectivity index (χ1n) is 13.4. The molecule has 0 radical (unpaired) electrons. The van der Waals surface area contributed by atoms with Gasteiger partial charge < -0.3 is 10.2 Å². The smallest absolute Gasteiger partial charge is 0.264 e. The Morgan fingerprint density at radius 3 is 1.95 bits per heavy atom. The molecule has 0 bridgehead atoms. The molecule has 3 aromatic carbocycles. The van der Waals surface area contributed by atoms with E-state index in [9.17, 15) is 18.0 Å². The lowest BCUT2D eigenvalue weighted by Crippen LogP contribution is -2.51. The molecule has 0 saturated heterocycles. The molecular weight excluding hydrogens is 581 g/mol. The number of hydrogen-bond acceptors (Lipinski definition) is 4. The van der Waals surface area contributed by atoms with Gasteiger partial charge in [-0.2, -0.15) is 0 Å². The summed E-state index contributed by atoms with van der Waals surface area (Å²) in [6.45, 7) is 10.9. The van der Waals surface area contributed by atoms with E-state index in [-0.39, 0.29) is 23.3 Å². The zero-order valence-electron chi connectivity index (χ0n) is 24.2. The Kier molecular flexibility index (Phi) is 10.9. The van der Waals surface area contributed by atoms with E-state index in [2.05, 4.69) is 5.32 Å². The summed E-state index contributed by atoms with van der Waals surface area (Å²) < 4.78 is 29.1. The fourth-order valence-corrected chi connectivity index (χ4v) is 6.26. The van der Waals surface area contributed by atoms with E-state index in [0.29, 0.717) is 27.8 Å². The third-order valence-electron chi connectivity index (χ3n) is 6.62. The van der Waals surface area contributed by atoms with Gasteiger partial charge in [0.25, 0.3) is 10.0 Å². The number of halogens is 2. The molecule has 0 unspecified atom stereocenters. The summed E-state index contributed by atoms with van der Waals surface area (Å²) in [5, 5.41) is 3.54. The van der Waals surface area contributed by atoms with Crippen LogP contribution in [0.15, 0.2) is 65.6 Å². The molecule has 1 N–H and O–H groups in total. The van der Waals surface area contributed by atoms with Crippen LogP contribution in [0.25, 0.3) is 0 Å². The number of sulfonamides is 1. The zero-order chi connectivity index (χ0) is 30.5. The first-order chi connectivity index (χ1) is 19.2.